The Morgan fingerprint density at radius 2 is 1.72 bits per heavy atom. The fourth-order valence-electron chi connectivity index (χ4n) is 1.65. The van der Waals surface area contributed by atoms with Crippen molar-refractivity contribution in [3.05, 3.63) is 36.5 Å². The third-order valence-electron chi connectivity index (χ3n) is 2.87. The SMILES string of the molecule is C(OCC1CO1)C1CO1.c1ccc2[nH]ccc2c1. The predicted octanol–water partition coefficient (Wildman–Crippen LogP) is 1.97. The zero-order valence-electron chi connectivity index (χ0n) is 10.2. The van der Waals surface area contributed by atoms with Gasteiger partial charge < -0.3 is 19.2 Å². The number of nitrogens with one attached hydrogen (secondary N) is 1. The minimum absolute atomic E-state index is 0.392. The Balaban J connectivity index is 0.000000111. The van der Waals surface area contributed by atoms with Gasteiger partial charge in [0, 0.05) is 11.7 Å². The third-order valence-corrected chi connectivity index (χ3v) is 2.87. The average Bonchev–Trinajstić information content (AvgIpc) is 3.32. The Hall–Kier alpha value is -1.36. The topological polar surface area (TPSA) is 50.1 Å². The van der Waals surface area contributed by atoms with E-state index in [2.05, 4.69) is 23.2 Å². The van der Waals surface area contributed by atoms with Gasteiger partial charge in [0.2, 0.25) is 0 Å². The van der Waals surface area contributed by atoms with E-state index in [9.17, 15) is 0 Å². The van der Waals surface area contributed by atoms with E-state index < -0.39 is 0 Å². The van der Waals surface area contributed by atoms with Gasteiger partial charge in [-0.2, -0.15) is 0 Å². The van der Waals surface area contributed by atoms with Crippen LogP contribution in [0.4, 0.5) is 0 Å². The zero-order valence-corrected chi connectivity index (χ0v) is 10.2. The second-order valence-corrected chi connectivity index (χ2v) is 4.51. The Morgan fingerprint density at radius 3 is 2.33 bits per heavy atom. The molecule has 18 heavy (non-hydrogen) atoms. The van der Waals surface area contributed by atoms with Gasteiger partial charge in [0.1, 0.15) is 12.2 Å². The van der Waals surface area contributed by atoms with Crippen LogP contribution >= 0.6 is 0 Å². The molecule has 2 fully saturated rings. The summed E-state index contributed by atoms with van der Waals surface area (Å²) in [7, 11) is 0. The van der Waals surface area contributed by atoms with E-state index in [1.54, 1.807) is 0 Å². The number of epoxide rings is 2. The summed E-state index contributed by atoms with van der Waals surface area (Å²) in [5.41, 5.74) is 1.21. The molecule has 0 radical (unpaired) electrons. The molecule has 2 aliphatic rings. The van der Waals surface area contributed by atoms with Gasteiger partial charge in [0.25, 0.3) is 0 Å². The van der Waals surface area contributed by atoms with E-state index in [4.69, 9.17) is 14.2 Å². The maximum Gasteiger partial charge on any atom is 0.104 e. The van der Waals surface area contributed by atoms with Gasteiger partial charge >= 0.3 is 0 Å². The normalized spacial score (nSPS) is 24.4. The molecule has 3 heterocycles. The van der Waals surface area contributed by atoms with Crippen molar-refractivity contribution in [2.24, 2.45) is 0 Å². The van der Waals surface area contributed by atoms with Crippen LogP contribution in [0, 0.1) is 0 Å². The summed E-state index contributed by atoms with van der Waals surface area (Å²) in [5, 5.41) is 1.28. The van der Waals surface area contributed by atoms with Crippen LogP contribution in [0.2, 0.25) is 0 Å². The quantitative estimate of drug-likeness (QED) is 0.840. The minimum atomic E-state index is 0.392. The van der Waals surface area contributed by atoms with E-state index in [1.807, 2.05) is 18.3 Å². The first-order chi connectivity index (χ1) is 8.92. The average molecular weight is 247 g/mol. The fraction of sp³-hybridized carbons (Fsp3) is 0.429. The van der Waals surface area contributed by atoms with E-state index in [0.717, 1.165) is 26.4 Å². The Kier molecular flexibility index (Phi) is 3.59. The largest absolute Gasteiger partial charge is 0.376 e. The molecule has 96 valence electrons. The summed E-state index contributed by atoms with van der Waals surface area (Å²) >= 11 is 0. The second kappa shape index (κ2) is 5.52. The highest BCUT2D eigenvalue weighted by atomic mass is 16.6. The van der Waals surface area contributed by atoms with E-state index in [0.29, 0.717) is 12.2 Å². The molecule has 4 heteroatoms. The molecule has 2 aliphatic heterocycles. The van der Waals surface area contributed by atoms with E-state index >= 15 is 0 Å². The van der Waals surface area contributed by atoms with Crippen LogP contribution in [-0.4, -0.2) is 43.6 Å². The van der Waals surface area contributed by atoms with Gasteiger partial charge in [-0.3, -0.25) is 0 Å². The molecule has 2 unspecified atom stereocenters. The number of rotatable bonds is 4. The van der Waals surface area contributed by atoms with Crippen molar-refractivity contribution in [1.29, 1.82) is 0 Å². The maximum atomic E-state index is 5.23. The molecule has 0 saturated carbocycles. The number of hydrogen-bond donors (Lipinski definition) is 1. The lowest BCUT2D eigenvalue weighted by molar-refractivity contribution is 0.102. The predicted molar refractivity (Wildman–Crippen MR) is 68.6 cm³/mol. The van der Waals surface area contributed by atoms with E-state index in [1.165, 1.54) is 10.9 Å². The van der Waals surface area contributed by atoms with Gasteiger partial charge in [0.15, 0.2) is 0 Å². The smallest absolute Gasteiger partial charge is 0.104 e. The number of aromatic nitrogens is 1. The molecule has 0 spiro atoms. The Labute approximate surface area is 106 Å². The van der Waals surface area contributed by atoms with Gasteiger partial charge in [-0.25, -0.2) is 0 Å². The first kappa shape index (κ1) is 11.7. The van der Waals surface area contributed by atoms with Crippen molar-refractivity contribution >= 4 is 10.9 Å². The minimum Gasteiger partial charge on any atom is -0.376 e. The Bertz CT molecular complexity index is 446. The van der Waals surface area contributed by atoms with Crippen LogP contribution in [0.3, 0.4) is 0 Å². The lowest BCUT2D eigenvalue weighted by Gasteiger charge is -1.95. The van der Waals surface area contributed by atoms with Gasteiger partial charge in [-0.1, -0.05) is 18.2 Å². The van der Waals surface area contributed by atoms with Crippen LogP contribution < -0.4 is 0 Å². The molecule has 2 atom stereocenters. The zero-order chi connectivity index (χ0) is 12.2. The summed E-state index contributed by atoms with van der Waals surface area (Å²) in [6, 6.07) is 10.3. The number of fused-ring (bicyclic) bond motifs is 1. The third kappa shape index (κ3) is 3.57. The highest BCUT2D eigenvalue weighted by molar-refractivity contribution is 5.78. The molecule has 4 nitrogen and oxygen atoms in total. The van der Waals surface area contributed by atoms with Crippen LogP contribution in [0.1, 0.15) is 0 Å². The number of benzene rings is 1. The number of hydrogen-bond acceptors (Lipinski definition) is 3. The molecule has 0 bridgehead atoms. The number of ether oxygens (including phenoxy) is 3. The van der Waals surface area contributed by atoms with Crippen molar-refractivity contribution in [2.75, 3.05) is 26.4 Å². The van der Waals surface area contributed by atoms with Crippen molar-refractivity contribution in [1.82, 2.24) is 4.98 Å². The number of para-hydroxylation sites is 1. The molecule has 0 aliphatic carbocycles. The summed E-state index contributed by atoms with van der Waals surface area (Å²) < 4.78 is 15.1. The highest BCUT2D eigenvalue weighted by Gasteiger charge is 2.26. The molecule has 0 amide bonds. The standard InChI is InChI=1S/C8H7N.C6H10O3/c1-2-4-8-7(3-1)5-6-9-8;1(5-3-8-5)7-2-6-4-9-6/h1-6,9H;5-6H,1-4H2. The molecular formula is C14H17NO3. The highest BCUT2D eigenvalue weighted by Crippen LogP contribution is 2.12. The van der Waals surface area contributed by atoms with Crippen LogP contribution in [0.5, 0.6) is 0 Å². The van der Waals surface area contributed by atoms with E-state index in [-0.39, 0.29) is 0 Å². The first-order valence-corrected chi connectivity index (χ1v) is 6.25. The maximum absolute atomic E-state index is 5.23. The number of H-pyrrole nitrogens is 1. The lowest BCUT2D eigenvalue weighted by Crippen LogP contribution is -2.06. The molecule has 4 rings (SSSR count). The van der Waals surface area contributed by atoms with Gasteiger partial charge in [0.05, 0.1) is 26.4 Å². The molecule has 1 N–H and O–H groups in total. The number of aromatic amines is 1. The first-order valence-electron chi connectivity index (χ1n) is 6.25. The summed E-state index contributed by atoms with van der Waals surface area (Å²) in [5.74, 6) is 0. The molecule has 2 saturated heterocycles. The van der Waals surface area contributed by atoms with Crippen molar-refractivity contribution < 1.29 is 14.2 Å². The van der Waals surface area contributed by atoms with Crippen molar-refractivity contribution in [3.8, 4) is 0 Å². The van der Waals surface area contributed by atoms with Crippen LogP contribution in [0.25, 0.3) is 10.9 Å². The summed E-state index contributed by atoms with van der Waals surface area (Å²) in [6.45, 7) is 3.26. The van der Waals surface area contributed by atoms with Gasteiger partial charge in [-0.05, 0) is 17.5 Å². The van der Waals surface area contributed by atoms with Crippen LogP contribution in [0.15, 0.2) is 36.5 Å². The summed E-state index contributed by atoms with van der Waals surface area (Å²) in [6.07, 6.45) is 2.73. The van der Waals surface area contributed by atoms with Crippen molar-refractivity contribution in [2.45, 2.75) is 12.2 Å². The van der Waals surface area contributed by atoms with Gasteiger partial charge in [-0.15, -0.1) is 0 Å². The molecule has 1 aromatic heterocycles. The molecular weight excluding hydrogens is 230 g/mol. The van der Waals surface area contributed by atoms with Crippen molar-refractivity contribution in [3.63, 3.8) is 0 Å². The Morgan fingerprint density at radius 1 is 1.06 bits per heavy atom. The molecule has 2 aromatic rings. The van der Waals surface area contributed by atoms with Crippen LogP contribution in [-0.2, 0) is 14.2 Å². The summed E-state index contributed by atoms with van der Waals surface area (Å²) in [4.78, 5) is 3.12. The molecule has 1 aromatic carbocycles. The monoisotopic (exact) mass is 247 g/mol. The second-order valence-electron chi connectivity index (χ2n) is 4.51. The lowest BCUT2D eigenvalue weighted by atomic mass is 10.3. The fourth-order valence-corrected chi connectivity index (χ4v) is 1.65.